The highest BCUT2D eigenvalue weighted by Gasteiger charge is 2.10. The van der Waals surface area contributed by atoms with E-state index in [1.54, 1.807) is 24.3 Å². The Balaban J connectivity index is 2.44. The monoisotopic (exact) mass is 305 g/mol. The molecule has 4 heteroatoms. The van der Waals surface area contributed by atoms with Gasteiger partial charge in [0.1, 0.15) is 28.9 Å². The van der Waals surface area contributed by atoms with Crippen LogP contribution in [0.3, 0.4) is 0 Å². The van der Waals surface area contributed by atoms with E-state index in [0.29, 0.717) is 21.5 Å². The number of ether oxygens (including phenoxy) is 1. The van der Waals surface area contributed by atoms with E-state index in [4.69, 9.17) is 10.00 Å². The van der Waals surface area contributed by atoms with Crippen LogP contribution in [0.2, 0.25) is 0 Å². The summed E-state index contributed by atoms with van der Waals surface area (Å²) < 4.78 is 19.4. The van der Waals surface area contributed by atoms with Gasteiger partial charge in [-0.2, -0.15) is 5.26 Å². The Morgan fingerprint density at radius 3 is 2.72 bits per heavy atom. The van der Waals surface area contributed by atoms with E-state index >= 15 is 0 Å². The van der Waals surface area contributed by atoms with Gasteiger partial charge in [0, 0.05) is 10.5 Å². The molecule has 0 saturated carbocycles. The van der Waals surface area contributed by atoms with E-state index in [-0.39, 0.29) is 5.82 Å². The maximum Gasteiger partial charge on any atom is 0.146 e. The van der Waals surface area contributed by atoms with Crippen LogP contribution in [0.5, 0.6) is 11.5 Å². The van der Waals surface area contributed by atoms with Crippen molar-refractivity contribution < 1.29 is 9.13 Å². The lowest BCUT2D eigenvalue weighted by Gasteiger charge is -2.10. The normalized spacial score (nSPS) is 9.89. The van der Waals surface area contributed by atoms with Gasteiger partial charge in [-0.25, -0.2) is 4.39 Å². The third kappa shape index (κ3) is 2.52. The van der Waals surface area contributed by atoms with Crippen LogP contribution in [0.15, 0.2) is 40.9 Å². The molecule has 2 aromatic rings. The summed E-state index contributed by atoms with van der Waals surface area (Å²) in [5.41, 5.74) is 1.20. The Hall–Kier alpha value is -1.86. The molecule has 0 aliphatic carbocycles. The number of hydrogen-bond donors (Lipinski definition) is 0. The van der Waals surface area contributed by atoms with Gasteiger partial charge in [0.05, 0.1) is 0 Å². The van der Waals surface area contributed by atoms with E-state index < -0.39 is 0 Å². The molecule has 0 radical (unpaired) electrons. The molecule has 0 unspecified atom stereocenters. The molecule has 0 atom stereocenters. The third-order valence-corrected chi connectivity index (χ3v) is 3.12. The molecule has 90 valence electrons. The average molecular weight is 306 g/mol. The molecule has 0 bridgehead atoms. The molecule has 2 nitrogen and oxygen atoms in total. The molecule has 0 fully saturated rings. The van der Waals surface area contributed by atoms with Crippen molar-refractivity contribution >= 4 is 15.9 Å². The Morgan fingerprint density at radius 2 is 2.00 bits per heavy atom. The zero-order valence-electron chi connectivity index (χ0n) is 9.58. The summed E-state index contributed by atoms with van der Waals surface area (Å²) in [6.45, 7) is 1.82. The van der Waals surface area contributed by atoms with Gasteiger partial charge < -0.3 is 4.74 Å². The van der Waals surface area contributed by atoms with Gasteiger partial charge in [-0.15, -0.1) is 0 Å². The summed E-state index contributed by atoms with van der Waals surface area (Å²) in [6, 6.07) is 11.5. The predicted octanol–water partition coefficient (Wildman–Crippen LogP) is 4.56. The summed E-state index contributed by atoms with van der Waals surface area (Å²) in [7, 11) is 0. The zero-order chi connectivity index (χ0) is 13.1. The van der Waals surface area contributed by atoms with Gasteiger partial charge in [-0.1, -0.05) is 12.1 Å². The van der Waals surface area contributed by atoms with E-state index in [9.17, 15) is 4.39 Å². The van der Waals surface area contributed by atoms with Crippen molar-refractivity contribution in [3.8, 4) is 17.6 Å². The van der Waals surface area contributed by atoms with E-state index in [1.807, 2.05) is 6.92 Å². The molecule has 0 spiro atoms. The minimum atomic E-state index is -0.371. The van der Waals surface area contributed by atoms with E-state index in [2.05, 4.69) is 22.0 Å². The second-order valence-corrected chi connectivity index (χ2v) is 4.59. The molecular weight excluding hydrogens is 297 g/mol. The summed E-state index contributed by atoms with van der Waals surface area (Å²) in [5, 5.41) is 9.07. The topological polar surface area (TPSA) is 33.0 Å². The summed E-state index contributed by atoms with van der Waals surface area (Å²) in [6.07, 6.45) is 0. The summed E-state index contributed by atoms with van der Waals surface area (Å²) in [4.78, 5) is 0. The van der Waals surface area contributed by atoms with Crippen LogP contribution in [0.4, 0.5) is 4.39 Å². The Kier molecular flexibility index (Phi) is 3.63. The zero-order valence-corrected chi connectivity index (χ0v) is 11.2. The van der Waals surface area contributed by atoms with Crippen molar-refractivity contribution in [2.24, 2.45) is 0 Å². The maximum absolute atomic E-state index is 13.2. The largest absolute Gasteiger partial charge is 0.456 e. The van der Waals surface area contributed by atoms with Crippen molar-refractivity contribution in [3.63, 3.8) is 0 Å². The first kappa shape index (κ1) is 12.6. The minimum Gasteiger partial charge on any atom is -0.456 e. The van der Waals surface area contributed by atoms with Crippen LogP contribution in [0, 0.1) is 24.1 Å². The second-order valence-electron chi connectivity index (χ2n) is 3.74. The lowest BCUT2D eigenvalue weighted by molar-refractivity contribution is 0.471. The first-order valence-corrected chi connectivity index (χ1v) is 6.03. The van der Waals surface area contributed by atoms with Crippen molar-refractivity contribution in [2.75, 3.05) is 0 Å². The van der Waals surface area contributed by atoms with E-state index in [1.165, 1.54) is 12.1 Å². The molecular formula is C14H9BrFNO. The fraction of sp³-hybridized carbons (Fsp3) is 0.0714. The second kappa shape index (κ2) is 5.19. The van der Waals surface area contributed by atoms with Gasteiger partial charge in [0.25, 0.3) is 0 Å². The lowest BCUT2D eigenvalue weighted by atomic mass is 10.2. The summed E-state index contributed by atoms with van der Waals surface area (Å²) in [5.74, 6) is 0.439. The molecule has 0 aromatic heterocycles. The fourth-order valence-corrected chi connectivity index (χ4v) is 1.94. The molecule has 0 saturated heterocycles. The smallest absolute Gasteiger partial charge is 0.146 e. The molecule has 2 aromatic carbocycles. The molecule has 0 aliphatic heterocycles. The number of benzene rings is 2. The molecule has 0 heterocycles. The number of aryl methyl sites for hydroxylation is 1. The number of nitrogens with zero attached hydrogens (tertiary/aromatic N) is 1. The van der Waals surface area contributed by atoms with Gasteiger partial charge >= 0.3 is 0 Å². The van der Waals surface area contributed by atoms with Crippen molar-refractivity contribution in [3.05, 3.63) is 57.8 Å². The highest BCUT2D eigenvalue weighted by atomic mass is 79.9. The molecule has 2 rings (SSSR count). The average Bonchev–Trinajstić information content (AvgIpc) is 2.34. The summed E-state index contributed by atoms with van der Waals surface area (Å²) >= 11 is 3.28. The molecule has 0 N–H and O–H groups in total. The Labute approximate surface area is 113 Å². The van der Waals surface area contributed by atoms with Crippen LogP contribution in [-0.2, 0) is 0 Å². The van der Waals surface area contributed by atoms with Crippen molar-refractivity contribution in [1.82, 2.24) is 0 Å². The highest BCUT2D eigenvalue weighted by molar-refractivity contribution is 9.10. The predicted molar refractivity (Wildman–Crippen MR) is 70.1 cm³/mol. The SMILES string of the molecule is Cc1ccc(F)cc1Oc1cccc(Br)c1C#N. The van der Waals surface area contributed by atoms with Crippen LogP contribution in [0.1, 0.15) is 11.1 Å². The van der Waals surface area contributed by atoms with Gasteiger partial charge in [-0.3, -0.25) is 0 Å². The molecule has 0 amide bonds. The minimum absolute atomic E-state index is 0.371. The Morgan fingerprint density at radius 1 is 1.22 bits per heavy atom. The Bertz CT molecular complexity index is 634. The number of halogens is 2. The fourth-order valence-electron chi connectivity index (χ4n) is 1.50. The van der Waals surface area contributed by atoms with Crippen molar-refractivity contribution in [1.29, 1.82) is 5.26 Å². The van der Waals surface area contributed by atoms with Gasteiger partial charge in [-0.05, 0) is 46.6 Å². The number of hydrogen-bond acceptors (Lipinski definition) is 2. The lowest BCUT2D eigenvalue weighted by Crippen LogP contribution is -1.92. The van der Waals surface area contributed by atoms with Gasteiger partial charge in [0.2, 0.25) is 0 Å². The van der Waals surface area contributed by atoms with Crippen LogP contribution < -0.4 is 4.74 Å². The first-order valence-electron chi connectivity index (χ1n) is 5.24. The first-order chi connectivity index (χ1) is 8.61. The highest BCUT2D eigenvalue weighted by Crippen LogP contribution is 2.31. The molecule has 0 aliphatic rings. The number of nitriles is 1. The van der Waals surface area contributed by atoms with Crippen LogP contribution in [-0.4, -0.2) is 0 Å². The standard InChI is InChI=1S/C14H9BrFNO/c1-9-5-6-10(16)7-14(9)18-13-4-2-3-12(15)11(13)8-17/h2-7H,1H3. The quantitative estimate of drug-likeness (QED) is 0.815. The van der Waals surface area contributed by atoms with E-state index in [0.717, 1.165) is 5.56 Å². The van der Waals surface area contributed by atoms with Crippen LogP contribution in [0.25, 0.3) is 0 Å². The van der Waals surface area contributed by atoms with Crippen molar-refractivity contribution in [2.45, 2.75) is 6.92 Å². The third-order valence-electron chi connectivity index (χ3n) is 2.46. The number of rotatable bonds is 2. The van der Waals surface area contributed by atoms with Gasteiger partial charge in [0.15, 0.2) is 0 Å². The van der Waals surface area contributed by atoms with Crippen LogP contribution >= 0.6 is 15.9 Å². The molecule has 18 heavy (non-hydrogen) atoms. The maximum atomic E-state index is 13.2.